The number of hydrogen-bond acceptors (Lipinski definition) is 5. The highest BCUT2D eigenvalue weighted by molar-refractivity contribution is 5.95. The zero-order chi connectivity index (χ0) is 14.6. The summed E-state index contributed by atoms with van der Waals surface area (Å²) in [6, 6.07) is 2.27. The topological polar surface area (TPSA) is 77.2 Å². The van der Waals surface area contributed by atoms with E-state index in [0.717, 1.165) is 29.5 Å². The van der Waals surface area contributed by atoms with Crippen LogP contribution in [0.5, 0.6) is 0 Å². The molecule has 3 saturated carbocycles. The van der Waals surface area contributed by atoms with Crippen molar-refractivity contribution in [3.05, 3.63) is 17.8 Å². The Morgan fingerprint density at radius 3 is 2.81 bits per heavy atom. The number of rotatable bonds is 4. The van der Waals surface area contributed by atoms with Gasteiger partial charge in [0.1, 0.15) is 5.82 Å². The van der Waals surface area contributed by atoms with Crippen LogP contribution in [0.15, 0.2) is 12.3 Å². The Labute approximate surface area is 124 Å². The van der Waals surface area contributed by atoms with Crippen molar-refractivity contribution in [2.75, 3.05) is 17.7 Å². The zero-order valence-electron chi connectivity index (χ0n) is 12.2. The number of anilines is 2. The second-order valence-electron chi connectivity index (χ2n) is 6.54. The molecular formula is C16H21N3O2. The van der Waals surface area contributed by atoms with Gasteiger partial charge >= 0.3 is 5.97 Å². The second kappa shape index (κ2) is 4.61. The smallest absolute Gasteiger partial charge is 0.340 e. The predicted molar refractivity (Wildman–Crippen MR) is 79.8 cm³/mol. The highest BCUT2D eigenvalue weighted by atomic mass is 16.5. The molecule has 0 aliphatic heterocycles. The maximum atomic E-state index is 11.9. The Balaban J connectivity index is 1.49. The Bertz CT molecular complexity index is 573. The number of nitrogens with zero attached hydrogens (tertiary/aromatic N) is 1. The summed E-state index contributed by atoms with van der Waals surface area (Å²) in [5.74, 6) is 3.84. The number of carbonyl (C=O) groups is 1. The Hall–Kier alpha value is -1.78. The van der Waals surface area contributed by atoms with Gasteiger partial charge in [-0.1, -0.05) is 0 Å². The monoisotopic (exact) mass is 287 g/mol. The quantitative estimate of drug-likeness (QED) is 0.831. The largest absolute Gasteiger partial charge is 0.462 e. The molecule has 112 valence electrons. The van der Waals surface area contributed by atoms with Crippen LogP contribution in [0.3, 0.4) is 0 Å². The van der Waals surface area contributed by atoms with E-state index in [4.69, 9.17) is 10.5 Å². The van der Waals surface area contributed by atoms with Crippen molar-refractivity contribution in [1.29, 1.82) is 0 Å². The van der Waals surface area contributed by atoms with Gasteiger partial charge in [-0.25, -0.2) is 9.78 Å². The molecule has 5 nitrogen and oxygen atoms in total. The molecule has 21 heavy (non-hydrogen) atoms. The van der Waals surface area contributed by atoms with Gasteiger partial charge in [0.15, 0.2) is 0 Å². The number of ether oxygens (including phenoxy) is 1. The van der Waals surface area contributed by atoms with Crippen molar-refractivity contribution < 1.29 is 9.53 Å². The SMILES string of the molecule is CCOC(=O)c1cc(NC2C3C4CCC(C4)C23)ncc1N. The van der Waals surface area contributed by atoms with Gasteiger partial charge < -0.3 is 15.8 Å². The summed E-state index contributed by atoms with van der Waals surface area (Å²) in [4.78, 5) is 16.2. The molecule has 0 radical (unpaired) electrons. The van der Waals surface area contributed by atoms with Gasteiger partial charge in [-0.2, -0.15) is 0 Å². The van der Waals surface area contributed by atoms with Crippen molar-refractivity contribution in [3.8, 4) is 0 Å². The molecule has 3 aliphatic rings. The van der Waals surface area contributed by atoms with E-state index < -0.39 is 0 Å². The van der Waals surface area contributed by atoms with Crippen molar-refractivity contribution >= 4 is 17.5 Å². The number of esters is 1. The molecule has 5 heteroatoms. The Morgan fingerprint density at radius 1 is 1.43 bits per heavy atom. The number of carbonyl (C=O) groups excluding carboxylic acids is 1. The van der Waals surface area contributed by atoms with Gasteiger partial charge in [-0.05, 0) is 55.9 Å². The number of hydrogen-bond donors (Lipinski definition) is 2. The number of nitrogens with one attached hydrogen (secondary N) is 1. The minimum atomic E-state index is -0.378. The summed E-state index contributed by atoms with van der Waals surface area (Å²) in [5.41, 5.74) is 6.60. The average molecular weight is 287 g/mol. The molecule has 3 fully saturated rings. The molecular weight excluding hydrogens is 266 g/mol. The van der Waals surface area contributed by atoms with Crippen molar-refractivity contribution in [2.24, 2.45) is 23.7 Å². The van der Waals surface area contributed by atoms with E-state index in [1.807, 2.05) is 0 Å². The Morgan fingerprint density at radius 2 is 2.14 bits per heavy atom. The van der Waals surface area contributed by atoms with Gasteiger partial charge in [0.2, 0.25) is 0 Å². The molecule has 3 N–H and O–H groups in total. The van der Waals surface area contributed by atoms with E-state index in [1.54, 1.807) is 19.2 Å². The summed E-state index contributed by atoms with van der Waals surface area (Å²) in [5, 5.41) is 3.51. The van der Waals surface area contributed by atoms with Crippen LogP contribution in [-0.2, 0) is 4.74 Å². The molecule has 4 unspecified atom stereocenters. The molecule has 4 rings (SSSR count). The van der Waals surface area contributed by atoms with Gasteiger partial charge in [0, 0.05) is 6.04 Å². The second-order valence-corrected chi connectivity index (χ2v) is 6.54. The third-order valence-corrected chi connectivity index (χ3v) is 5.48. The lowest BCUT2D eigenvalue weighted by molar-refractivity contribution is 0.0527. The predicted octanol–water partition coefficient (Wildman–Crippen LogP) is 2.30. The third kappa shape index (κ3) is 1.98. The number of nitrogens with two attached hydrogens (primary N) is 1. The average Bonchev–Trinajstić information content (AvgIpc) is 2.85. The van der Waals surface area contributed by atoms with Crippen LogP contribution < -0.4 is 11.1 Å². The van der Waals surface area contributed by atoms with Crippen LogP contribution in [0.4, 0.5) is 11.5 Å². The maximum Gasteiger partial charge on any atom is 0.340 e. The van der Waals surface area contributed by atoms with Gasteiger partial charge in [-0.15, -0.1) is 0 Å². The minimum Gasteiger partial charge on any atom is -0.462 e. The van der Waals surface area contributed by atoms with Crippen molar-refractivity contribution in [3.63, 3.8) is 0 Å². The Kier molecular flexibility index (Phi) is 2.84. The molecule has 1 aromatic rings. The molecule has 2 bridgehead atoms. The molecule has 3 aliphatic carbocycles. The van der Waals surface area contributed by atoms with Crippen LogP contribution >= 0.6 is 0 Å². The lowest BCUT2D eigenvalue weighted by Crippen LogP contribution is -2.15. The molecule has 4 atom stereocenters. The first kappa shape index (κ1) is 12.9. The van der Waals surface area contributed by atoms with Crippen LogP contribution in [0, 0.1) is 23.7 Å². The fraction of sp³-hybridized carbons (Fsp3) is 0.625. The van der Waals surface area contributed by atoms with Gasteiger partial charge in [0.25, 0.3) is 0 Å². The summed E-state index contributed by atoms with van der Waals surface area (Å²) in [6.45, 7) is 2.13. The van der Waals surface area contributed by atoms with E-state index >= 15 is 0 Å². The first-order valence-electron chi connectivity index (χ1n) is 7.88. The number of fused-ring (bicyclic) bond motifs is 5. The van der Waals surface area contributed by atoms with Crippen molar-refractivity contribution in [2.45, 2.75) is 32.2 Å². The minimum absolute atomic E-state index is 0.347. The molecule has 0 amide bonds. The highest BCUT2D eigenvalue weighted by Gasteiger charge is 2.65. The first-order valence-corrected chi connectivity index (χ1v) is 7.88. The highest BCUT2D eigenvalue weighted by Crippen LogP contribution is 2.66. The normalized spacial score (nSPS) is 35.4. The molecule has 0 aromatic carbocycles. The van der Waals surface area contributed by atoms with Gasteiger partial charge in [0.05, 0.1) is 24.1 Å². The summed E-state index contributed by atoms with van der Waals surface area (Å²) in [7, 11) is 0. The molecule has 0 spiro atoms. The lowest BCUT2D eigenvalue weighted by Gasteiger charge is -2.12. The van der Waals surface area contributed by atoms with Gasteiger partial charge in [-0.3, -0.25) is 0 Å². The fourth-order valence-corrected chi connectivity index (χ4v) is 4.62. The van der Waals surface area contributed by atoms with E-state index in [0.29, 0.717) is 23.9 Å². The van der Waals surface area contributed by atoms with Crippen LogP contribution in [0.2, 0.25) is 0 Å². The standard InChI is InChI=1S/C16H21N3O2/c1-2-21-16(20)10-6-12(18-7-11(10)17)19-15-13-8-3-4-9(5-8)14(13)15/h6-9,13-15H,2-5,17H2,1H3,(H,18,19). The van der Waals surface area contributed by atoms with Crippen molar-refractivity contribution in [1.82, 2.24) is 4.98 Å². The fourth-order valence-electron chi connectivity index (χ4n) is 4.62. The molecule has 0 saturated heterocycles. The third-order valence-electron chi connectivity index (χ3n) is 5.48. The van der Waals surface area contributed by atoms with Crippen LogP contribution in [0.1, 0.15) is 36.5 Å². The van der Waals surface area contributed by atoms with E-state index in [9.17, 15) is 4.79 Å². The lowest BCUT2D eigenvalue weighted by atomic mass is 10.0. The number of nitrogen functional groups attached to an aromatic ring is 1. The summed E-state index contributed by atoms with van der Waals surface area (Å²) >= 11 is 0. The number of aromatic nitrogens is 1. The van der Waals surface area contributed by atoms with E-state index in [-0.39, 0.29) is 5.97 Å². The van der Waals surface area contributed by atoms with Crippen LogP contribution in [-0.4, -0.2) is 23.6 Å². The summed E-state index contributed by atoms with van der Waals surface area (Å²) < 4.78 is 5.03. The van der Waals surface area contributed by atoms with E-state index in [1.165, 1.54) is 19.3 Å². The molecule has 1 heterocycles. The molecule has 1 aromatic heterocycles. The summed E-state index contributed by atoms with van der Waals surface area (Å²) in [6.07, 6.45) is 5.76. The van der Waals surface area contributed by atoms with E-state index in [2.05, 4.69) is 10.3 Å². The first-order chi connectivity index (χ1) is 10.2. The van der Waals surface area contributed by atoms with Crippen LogP contribution in [0.25, 0.3) is 0 Å². The maximum absolute atomic E-state index is 11.9. The zero-order valence-corrected chi connectivity index (χ0v) is 12.2. The number of pyridine rings is 1.